The number of carbonyl (C=O) groups excluding carboxylic acids is 2. The van der Waals surface area contributed by atoms with Crippen molar-refractivity contribution in [2.75, 3.05) is 6.54 Å². The van der Waals surface area contributed by atoms with Gasteiger partial charge in [0, 0.05) is 19.0 Å². The summed E-state index contributed by atoms with van der Waals surface area (Å²) in [6, 6.07) is 4.36. The van der Waals surface area contributed by atoms with Crippen molar-refractivity contribution >= 4 is 11.8 Å². The van der Waals surface area contributed by atoms with Gasteiger partial charge in [0.2, 0.25) is 5.91 Å². The molecule has 1 fully saturated rings. The van der Waals surface area contributed by atoms with Crippen molar-refractivity contribution in [3.63, 3.8) is 0 Å². The van der Waals surface area contributed by atoms with Gasteiger partial charge in [-0.25, -0.2) is 0 Å². The van der Waals surface area contributed by atoms with Gasteiger partial charge in [-0.2, -0.15) is 0 Å². The van der Waals surface area contributed by atoms with Crippen LogP contribution in [0.5, 0.6) is 11.5 Å². The zero-order valence-electron chi connectivity index (χ0n) is 10.3. The van der Waals surface area contributed by atoms with Crippen molar-refractivity contribution in [2.24, 2.45) is 0 Å². The van der Waals surface area contributed by atoms with Crippen LogP contribution in [-0.4, -0.2) is 34.6 Å². The first-order valence-corrected chi connectivity index (χ1v) is 6.16. The molecule has 4 N–H and O–H groups in total. The Morgan fingerprint density at radius 1 is 1.21 bits per heavy atom. The summed E-state index contributed by atoms with van der Waals surface area (Å²) in [5.74, 6) is -1.29. The van der Waals surface area contributed by atoms with E-state index in [9.17, 15) is 19.8 Å². The normalized spacial score (nSPS) is 13.9. The van der Waals surface area contributed by atoms with Gasteiger partial charge < -0.3 is 20.8 Å². The largest absolute Gasteiger partial charge is 0.507 e. The lowest BCUT2D eigenvalue weighted by Gasteiger charge is -2.08. The van der Waals surface area contributed by atoms with Crippen molar-refractivity contribution < 1.29 is 19.8 Å². The lowest BCUT2D eigenvalue weighted by atomic mass is 10.1. The van der Waals surface area contributed by atoms with Crippen molar-refractivity contribution in [1.29, 1.82) is 0 Å². The fraction of sp³-hybridized carbons (Fsp3) is 0.385. The highest BCUT2D eigenvalue weighted by molar-refractivity contribution is 5.99. The lowest BCUT2D eigenvalue weighted by Crippen LogP contribution is -2.31. The highest BCUT2D eigenvalue weighted by Gasteiger charge is 2.23. The van der Waals surface area contributed by atoms with Crippen LogP contribution in [0.4, 0.5) is 0 Å². The summed E-state index contributed by atoms with van der Waals surface area (Å²) in [5, 5.41) is 24.3. The standard InChI is InChI=1S/C13H16N2O4/c16-9-2-1-3-10(17)12(9)13(19)14-7-6-11(18)15-8-4-5-8/h1-3,8,16-17H,4-7H2,(H,14,19)(H,15,18). The maximum absolute atomic E-state index is 11.7. The second kappa shape index (κ2) is 5.60. The van der Waals surface area contributed by atoms with Crippen molar-refractivity contribution in [3.05, 3.63) is 23.8 Å². The summed E-state index contributed by atoms with van der Waals surface area (Å²) < 4.78 is 0. The summed E-state index contributed by atoms with van der Waals surface area (Å²) in [6.45, 7) is 0.158. The summed E-state index contributed by atoms with van der Waals surface area (Å²) in [7, 11) is 0. The molecule has 2 rings (SSSR count). The van der Waals surface area contributed by atoms with E-state index in [0.29, 0.717) is 6.04 Å². The molecule has 6 nitrogen and oxygen atoms in total. The molecular weight excluding hydrogens is 248 g/mol. The third-order valence-corrected chi connectivity index (χ3v) is 2.83. The van der Waals surface area contributed by atoms with E-state index in [-0.39, 0.29) is 35.9 Å². The number of phenolic OH excluding ortho intramolecular Hbond substituents is 2. The van der Waals surface area contributed by atoms with Crippen LogP contribution in [0.25, 0.3) is 0 Å². The number of carbonyl (C=O) groups is 2. The molecule has 1 aromatic carbocycles. The topological polar surface area (TPSA) is 98.7 Å². The quantitative estimate of drug-likeness (QED) is 0.622. The Morgan fingerprint density at radius 2 is 1.84 bits per heavy atom. The van der Waals surface area contributed by atoms with E-state index in [2.05, 4.69) is 10.6 Å². The first kappa shape index (κ1) is 13.2. The second-order valence-corrected chi connectivity index (χ2v) is 4.52. The van der Waals surface area contributed by atoms with Crippen LogP contribution in [0.1, 0.15) is 29.6 Å². The Balaban J connectivity index is 1.82. The van der Waals surface area contributed by atoms with Gasteiger partial charge in [0.25, 0.3) is 5.91 Å². The SMILES string of the molecule is O=C(CCNC(=O)c1c(O)cccc1O)NC1CC1. The van der Waals surface area contributed by atoms with Crippen LogP contribution in [0.15, 0.2) is 18.2 Å². The zero-order chi connectivity index (χ0) is 13.8. The van der Waals surface area contributed by atoms with Gasteiger partial charge in [0.15, 0.2) is 0 Å². The number of rotatable bonds is 5. The van der Waals surface area contributed by atoms with Crippen LogP contribution in [0.2, 0.25) is 0 Å². The predicted molar refractivity (Wildman–Crippen MR) is 67.9 cm³/mol. The van der Waals surface area contributed by atoms with E-state index in [4.69, 9.17) is 0 Å². The molecule has 0 unspecified atom stereocenters. The Labute approximate surface area is 110 Å². The van der Waals surface area contributed by atoms with Gasteiger partial charge in [0.1, 0.15) is 17.1 Å². The molecule has 0 radical (unpaired) electrons. The number of hydrogen-bond donors (Lipinski definition) is 4. The lowest BCUT2D eigenvalue weighted by molar-refractivity contribution is -0.121. The van der Waals surface area contributed by atoms with Crippen molar-refractivity contribution in [1.82, 2.24) is 10.6 Å². The fourth-order valence-electron chi connectivity index (χ4n) is 1.67. The van der Waals surface area contributed by atoms with Gasteiger partial charge in [-0.15, -0.1) is 0 Å². The number of nitrogens with one attached hydrogen (secondary N) is 2. The molecule has 0 aliphatic heterocycles. The molecule has 1 aliphatic rings. The monoisotopic (exact) mass is 264 g/mol. The molecule has 102 valence electrons. The minimum Gasteiger partial charge on any atom is -0.507 e. The molecule has 1 aliphatic carbocycles. The smallest absolute Gasteiger partial charge is 0.258 e. The van der Waals surface area contributed by atoms with E-state index in [0.717, 1.165) is 12.8 Å². The Bertz CT molecular complexity index is 477. The Hall–Kier alpha value is -2.24. The van der Waals surface area contributed by atoms with Crippen LogP contribution >= 0.6 is 0 Å². The van der Waals surface area contributed by atoms with Crippen LogP contribution in [0.3, 0.4) is 0 Å². The molecule has 0 spiro atoms. The summed E-state index contributed by atoms with van der Waals surface area (Å²) in [4.78, 5) is 23.1. The molecule has 0 atom stereocenters. The molecule has 0 aromatic heterocycles. The minimum absolute atomic E-state index is 0.107. The Morgan fingerprint density at radius 3 is 2.42 bits per heavy atom. The van der Waals surface area contributed by atoms with E-state index < -0.39 is 5.91 Å². The Kier molecular flexibility index (Phi) is 3.89. The summed E-state index contributed by atoms with van der Waals surface area (Å²) >= 11 is 0. The molecule has 19 heavy (non-hydrogen) atoms. The molecule has 1 aromatic rings. The van der Waals surface area contributed by atoms with Gasteiger partial charge in [-0.3, -0.25) is 9.59 Å². The van der Waals surface area contributed by atoms with Crippen LogP contribution in [0, 0.1) is 0 Å². The second-order valence-electron chi connectivity index (χ2n) is 4.52. The predicted octanol–water partition coefficient (Wildman–Crippen LogP) is 0.496. The molecule has 0 heterocycles. The first-order chi connectivity index (χ1) is 9.08. The van der Waals surface area contributed by atoms with Gasteiger partial charge in [-0.1, -0.05) is 6.07 Å². The van der Waals surface area contributed by atoms with Crippen LogP contribution in [-0.2, 0) is 4.79 Å². The van der Waals surface area contributed by atoms with E-state index in [1.807, 2.05) is 0 Å². The molecule has 1 saturated carbocycles. The molecular formula is C13H16N2O4. The zero-order valence-corrected chi connectivity index (χ0v) is 10.3. The van der Waals surface area contributed by atoms with Crippen LogP contribution < -0.4 is 10.6 Å². The first-order valence-electron chi connectivity index (χ1n) is 6.16. The minimum atomic E-state index is -0.602. The van der Waals surface area contributed by atoms with E-state index >= 15 is 0 Å². The third-order valence-electron chi connectivity index (χ3n) is 2.83. The summed E-state index contributed by atoms with van der Waals surface area (Å²) in [5.41, 5.74) is -0.176. The highest BCUT2D eigenvalue weighted by atomic mass is 16.3. The average molecular weight is 264 g/mol. The molecule has 6 heteroatoms. The maximum Gasteiger partial charge on any atom is 0.258 e. The summed E-state index contributed by atoms with van der Waals surface area (Å²) in [6.07, 6.45) is 2.21. The number of benzene rings is 1. The van der Waals surface area contributed by atoms with Gasteiger partial charge in [-0.05, 0) is 25.0 Å². The molecule has 0 saturated heterocycles. The van der Waals surface area contributed by atoms with Crippen molar-refractivity contribution in [3.8, 4) is 11.5 Å². The number of hydrogen-bond acceptors (Lipinski definition) is 4. The fourth-order valence-corrected chi connectivity index (χ4v) is 1.67. The van der Waals surface area contributed by atoms with Crippen molar-refractivity contribution in [2.45, 2.75) is 25.3 Å². The van der Waals surface area contributed by atoms with E-state index in [1.165, 1.54) is 18.2 Å². The molecule has 2 amide bonds. The number of phenols is 2. The number of amides is 2. The van der Waals surface area contributed by atoms with Gasteiger partial charge >= 0.3 is 0 Å². The number of aromatic hydroxyl groups is 2. The van der Waals surface area contributed by atoms with Gasteiger partial charge in [0.05, 0.1) is 0 Å². The molecule has 0 bridgehead atoms. The highest BCUT2D eigenvalue weighted by Crippen LogP contribution is 2.25. The maximum atomic E-state index is 11.7. The van der Waals surface area contributed by atoms with E-state index in [1.54, 1.807) is 0 Å². The third kappa shape index (κ3) is 3.61. The average Bonchev–Trinajstić information content (AvgIpc) is 3.12.